The van der Waals surface area contributed by atoms with Crippen LogP contribution in [0.25, 0.3) is 0 Å². The normalized spacial score (nSPS) is 37.1. The zero-order valence-corrected chi connectivity index (χ0v) is 7.19. The Balaban J connectivity index is 2.23. The number of fused-ring (bicyclic) bond motifs is 1. The summed E-state index contributed by atoms with van der Waals surface area (Å²) >= 11 is 0. The van der Waals surface area contributed by atoms with E-state index >= 15 is 0 Å². The molecule has 2 fully saturated rings. The van der Waals surface area contributed by atoms with Gasteiger partial charge in [-0.15, -0.1) is 0 Å². The second kappa shape index (κ2) is 3.19. The molecule has 1 unspecified atom stereocenters. The summed E-state index contributed by atoms with van der Waals surface area (Å²) in [6, 6.07) is 0. The van der Waals surface area contributed by atoms with E-state index in [1.54, 1.807) is 0 Å². The largest absolute Gasteiger partial charge is 0.431 e. The van der Waals surface area contributed by atoms with Gasteiger partial charge in [-0.25, -0.2) is 9.59 Å². The molecule has 0 aliphatic carbocycles. The van der Waals surface area contributed by atoms with Crippen molar-refractivity contribution in [2.45, 2.75) is 12.0 Å². The summed E-state index contributed by atoms with van der Waals surface area (Å²) < 4.78 is 14.5. The number of nitrogens with one attached hydrogen (secondary N) is 1. The molecule has 0 aromatic rings. The van der Waals surface area contributed by atoms with E-state index in [1.807, 2.05) is 0 Å². The third kappa shape index (κ3) is 1.26. The topological polar surface area (TPSA) is 94.1 Å². The molecule has 0 aromatic carbocycles. The molecule has 2 aliphatic rings. The number of aliphatic hydroxyl groups is 1. The molecule has 0 spiro atoms. The Bertz CT molecular complexity index is 279. The molecule has 7 nitrogen and oxygen atoms in total. The summed E-state index contributed by atoms with van der Waals surface area (Å²) in [6.07, 6.45) is -0.938. The van der Waals surface area contributed by atoms with E-state index in [0.29, 0.717) is 6.54 Å². The molecule has 2 saturated heterocycles. The summed E-state index contributed by atoms with van der Waals surface area (Å²) in [5.41, 5.74) is 0. The third-order valence-corrected chi connectivity index (χ3v) is 2.06. The van der Waals surface area contributed by atoms with Gasteiger partial charge in [0.2, 0.25) is 6.23 Å². The van der Waals surface area contributed by atoms with Crippen LogP contribution < -0.4 is 5.32 Å². The molecule has 7 heteroatoms. The maximum absolute atomic E-state index is 10.9. The van der Waals surface area contributed by atoms with Crippen LogP contribution in [0.1, 0.15) is 0 Å². The maximum Gasteiger partial charge on any atom is 0.420 e. The average Bonchev–Trinajstić information content (AvgIpc) is 2.20. The summed E-state index contributed by atoms with van der Waals surface area (Å²) in [6.45, 7) is 0.156. The minimum Gasteiger partial charge on any atom is -0.431 e. The molecule has 2 heterocycles. The maximum atomic E-state index is 10.9. The van der Waals surface area contributed by atoms with Gasteiger partial charge in [0.05, 0.1) is 6.61 Å². The Labute approximate surface area is 78.9 Å². The lowest BCUT2D eigenvalue weighted by atomic mass is 10.2. The van der Waals surface area contributed by atoms with Gasteiger partial charge < -0.3 is 19.3 Å². The Morgan fingerprint density at radius 2 is 2.29 bits per heavy atom. The van der Waals surface area contributed by atoms with Gasteiger partial charge in [-0.3, -0.25) is 5.32 Å². The SMILES string of the molecule is O=C1OC2NCCO[C@]2(CO)OC1=O. The minimum atomic E-state index is -1.58. The molecule has 2 N–H and O–H groups in total. The van der Waals surface area contributed by atoms with Crippen molar-refractivity contribution in [3.05, 3.63) is 0 Å². The molecule has 78 valence electrons. The first kappa shape index (κ1) is 9.38. The van der Waals surface area contributed by atoms with Crippen LogP contribution in [0.3, 0.4) is 0 Å². The fourth-order valence-corrected chi connectivity index (χ4v) is 1.37. The van der Waals surface area contributed by atoms with E-state index in [1.165, 1.54) is 0 Å². The van der Waals surface area contributed by atoms with Crippen molar-refractivity contribution >= 4 is 11.9 Å². The smallest absolute Gasteiger partial charge is 0.420 e. The Morgan fingerprint density at radius 3 is 3.00 bits per heavy atom. The standard InChI is InChI=1S/C7H9NO6/c9-3-7-6(8-1-2-12-7)13-4(10)5(11)14-7/h6,8-9H,1-3H2/t6?,7-/m1/s1. The molecule has 0 aromatic heterocycles. The summed E-state index contributed by atoms with van der Waals surface area (Å²) in [4.78, 5) is 21.7. The molecule has 2 aliphatic heterocycles. The second-order valence-corrected chi connectivity index (χ2v) is 2.95. The van der Waals surface area contributed by atoms with Crippen LogP contribution in [-0.4, -0.2) is 48.8 Å². The zero-order valence-electron chi connectivity index (χ0n) is 7.19. The first-order valence-corrected chi connectivity index (χ1v) is 4.10. The zero-order chi connectivity index (χ0) is 10.2. The van der Waals surface area contributed by atoms with E-state index in [4.69, 9.17) is 14.6 Å². The van der Waals surface area contributed by atoms with E-state index in [9.17, 15) is 9.59 Å². The fourth-order valence-electron chi connectivity index (χ4n) is 1.37. The lowest BCUT2D eigenvalue weighted by molar-refractivity contribution is -0.320. The first-order valence-electron chi connectivity index (χ1n) is 4.10. The number of carbonyl (C=O) groups excluding carboxylic acids is 2. The van der Waals surface area contributed by atoms with E-state index < -0.39 is 30.6 Å². The van der Waals surface area contributed by atoms with E-state index in [0.717, 1.165) is 0 Å². The minimum absolute atomic E-state index is 0.266. The highest BCUT2D eigenvalue weighted by Gasteiger charge is 2.53. The van der Waals surface area contributed by atoms with Crippen LogP contribution in [0.2, 0.25) is 0 Å². The van der Waals surface area contributed by atoms with Gasteiger partial charge in [0.25, 0.3) is 5.79 Å². The predicted molar refractivity (Wildman–Crippen MR) is 39.7 cm³/mol. The number of hydrogen-bond acceptors (Lipinski definition) is 7. The predicted octanol–water partition coefficient (Wildman–Crippen LogP) is -2.28. The number of rotatable bonds is 1. The van der Waals surface area contributed by atoms with Crippen LogP contribution in [0.5, 0.6) is 0 Å². The molecular formula is C7H9NO6. The summed E-state index contributed by atoms with van der Waals surface area (Å²) in [7, 11) is 0. The molecule has 0 bridgehead atoms. The van der Waals surface area contributed by atoms with Crippen molar-refractivity contribution in [2.75, 3.05) is 19.8 Å². The van der Waals surface area contributed by atoms with Crippen molar-refractivity contribution < 1.29 is 28.9 Å². The van der Waals surface area contributed by atoms with Gasteiger partial charge in [-0.05, 0) is 0 Å². The van der Waals surface area contributed by atoms with Gasteiger partial charge in [-0.2, -0.15) is 0 Å². The van der Waals surface area contributed by atoms with Gasteiger partial charge in [0, 0.05) is 6.54 Å². The second-order valence-electron chi connectivity index (χ2n) is 2.95. The molecule has 0 saturated carbocycles. The quantitative estimate of drug-likeness (QED) is 0.366. The number of morpholine rings is 1. The first-order chi connectivity index (χ1) is 6.68. The van der Waals surface area contributed by atoms with Crippen LogP contribution in [0, 0.1) is 0 Å². The lowest BCUT2D eigenvalue weighted by Gasteiger charge is -2.42. The van der Waals surface area contributed by atoms with Gasteiger partial charge >= 0.3 is 11.9 Å². The number of ether oxygens (including phenoxy) is 3. The van der Waals surface area contributed by atoms with E-state index in [-0.39, 0.29) is 6.61 Å². The number of aliphatic hydroxyl groups excluding tert-OH is 1. The lowest BCUT2D eigenvalue weighted by Crippen LogP contribution is -2.67. The summed E-state index contributed by atoms with van der Waals surface area (Å²) in [5.74, 6) is -3.82. The average molecular weight is 203 g/mol. The number of hydrogen-bond donors (Lipinski definition) is 2. The molecule has 0 radical (unpaired) electrons. The van der Waals surface area contributed by atoms with Crippen LogP contribution in [0.4, 0.5) is 0 Å². The third-order valence-electron chi connectivity index (χ3n) is 2.06. The highest BCUT2D eigenvalue weighted by molar-refractivity contribution is 6.30. The van der Waals surface area contributed by atoms with Gasteiger partial charge in [0.15, 0.2) is 0 Å². The molecule has 2 atom stereocenters. The Hall–Kier alpha value is -1.18. The van der Waals surface area contributed by atoms with Gasteiger partial charge in [-0.1, -0.05) is 0 Å². The molecular weight excluding hydrogens is 194 g/mol. The molecule has 14 heavy (non-hydrogen) atoms. The van der Waals surface area contributed by atoms with Crippen molar-refractivity contribution in [3.63, 3.8) is 0 Å². The monoisotopic (exact) mass is 203 g/mol. The van der Waals surface area contributed by atoms with Crippen LogP contribution in [-0.2, 0) is 23.8 Å². The van der Waals surface area contributed by atoms with Crippen molar-refractivity contribution in [1.82, 2.24) is 5.32 Å². The Morgan fingerprint density at radius 1 is 1.50 bits per heavy atom. The van der Waals surface area contributed by atoms with Crippen molar-refractivity contribution in [3.8, 4) is 0 Å². The van der Waals surface area contributed by atoms with Crippen molar-refractivity contribution in [2.24, 2.45) is 0 Å². The van der Waals surface area contributed by atoms with Gasteiger partial charge in [0.1, 0.15) is 6.61 Å². The number of esters is 2. The van der Waals surface area contributed by atoms with Crippen LogP contribution in [0.15, 0.2) is 0 Å². The molecule has 2 rings (SSSR count). The number of carbonyl (C=O) groups is 2. The van der Waals surface area contributed by atoms with Crippen LogP contribution >= 0.6 is 0 Å². The fraction of sp³-hybridized carbons (Fsp3) is 0.714. The summed E-state index contributed by atoms with van der Waals surface area (Å²) in [5, 5.41) is 11.8. The highest BCUT2D eigenvalue weighted by Crippen LogP contribution is 2.26. The Kier molecular flexibility index (Phi) is 2.14. The molecule has 0 amide bonds. The van der Waals surface area contributed by atoms with E-state index in [2.05, 4.69) is 10.1 Å². The highest BCUT2D eigenvalue weighted by atomic mass is 16.8. The van der Waals surface area contributed by atoms with Crippen molar-refractivity contribution in [1.29, 1.82) is 0 Å².